The van der Waals surface area contributed by atoms with E-state index in [0.717, 1.165) is 17.5 Å². The summed E-state index contributed by atoms with van der Waals surface area (Å²) in [5.41, 5.74) is -0.299. The van der Waals surface area contributed by atoms with Crippen LogP contribution in [-0.4, -0.2) is 56.4 Å². The van der Waals surface area contributed by atoms with E-state index < -0.39 is 0 Å². The zero-order chi connectivity index (χ0) is 17.9. The lowest BCUT2D eigenvalue weighted by Crippen LogP contribution is -2.46. The molecule has 1 aromatic rings. The van der Waals surface area contributed by atoms with Crippen molar-refractivity contribution in [2.45, 2.75) is 63.7 Å². The number of hydrogen-bond donors (Lipinski definition) is 1. The number of thioether (sulfide) groups is 1. The summed E-state index contributed by atoms with van der Waals surface area (Å²) >= 11 is 1.38. The van der Waals surface area contributed by atoms with Crippen LogP contribution < -0.4 is 5.32 Å². The molecule has 24 heavy (non-hydrogen) atoms. The zero-order valence-electron chi connectivity index (χ0n) is 15.1. The molecule has 0 aromatic carbocycles. The number of aromatic nitrogens is 3. The van der Waals surface area contributed by atoms with Gasteiger partial charge in [-0.1, -0.05) is 11.8 Å². The van der Waals surface area contributed by atoms with Crippen molar-refractivity contribution < 1.29 is 9.59 Å². The van der Waals surface area contributed by atoms with Gasteiger partial charge >= 0.3 is 0 Å². The molecular formula is C16H27N5O2S. The minimum absolute atomic E-state index is 0.0600. The van der Waals surface area contributed by atoms with Crippen LogP contribution in [0.3, 0.4) is 0 Å². The summed E-state index contributed by atoms with van der Waals surface area (Å²) in [5, 5.41) is 12.1. The van der Waals surface area contributed by atoms with Gasteiger partial charge in [0.25, 0.3) is 0 Å². The monoisotopic (exact) mass is 353 g/mol. The number of hydrogen-bond acceptors (Lipinski definition) is 5. The van der Waals surface area contributed by atoms with Crippen LogP contribution in [0.2, 0.25) is 0 Å². The molecule has 8 heteroatoms. The Morgan fingerprint density at radius 1 is 1.33 bits per heavy atom. The molecule has 1 aromatic heterocycles. The molecule has 134 valence electrons. The van der Waals surface area contributed by atoms with Gasteiger partial charge in [-0.15, -0.1) is 10.2 Å². The maximum atomic E-state index is 12.2. The van der Waals surface area contributed by atoms with Crippen molar-refractivity contribution in [3.8, 4) is 0 Å². The first-order chi connectivity index (χ1) is 11.2. The summed E-state index contributed by atoms with van der Waals surface area (Å²) < 4.78 is 2.09. The Hall–Kier alpha value is -1.57. The van der Waals surface area contributed by atoms with Crippen LogP contribution in [0.1, 0.15) is 52.3 Å². The molecular weight excluding hydrogens is 326 g/mol. The van der Waals surface area contributed by atoms with Gasteiger partial charge in [0.05, 0.1) is 12.3 Å². The molecule has 0 spiro atoms. The van der Waals surface area contributed by atoms with Crippen LogP contribution >= 0.6 is 11.8 Å². The van der Waals surface area contributed by atoms with E-state index in [-0.39, 0.29) is 29.7 Å². The molecule has 0 aliphatic heterocycles. The van der Waals surface area contributed by atoms with E-state index in [1.165, 1.54) is 29.5 Å². The summed E-state index contributed by atoms with van der Waals surface area (Å²) in [5.74, 6) is 1.57. The lowest BCUT2D eigenvalue weighted by atomic mass is 10.1. The smallest absolute Gasteiger partial charge is 0.240 e. The van der Waals surface area contributed by atoms with E-state index in [9.17, 15) is 9.59 Å². The third-order valence-corrected chi connectivity index (χ3v) is 4.60. The van der Waals surface area contributed by atoms with Gasteiger partial charge in [-0.25, -0.2) is 0 Å². The zero-order valence-corrected chi connectivity index (χ0v) is 15.9. The summed E-state index contributed by atoms with van der Waals surface area (Å²) in [6, 6.07) is 0. The first-order valence-electron chi connectivity index (χ1n) is 8.32. The van der Waals surface area contributed by atoms with Gasteiger partial charge in [0.15, 0.2) is 5.16 Å². The predicted octanol–water partition coefficient (Wildman–Crippen LogP) is 1.64. The highest BCUT2D eigenvalue weighted by Gasteiger charge is 2.30. The molecule has 0 saturated heterocycles. The fraction of sp³-hybridized carbons (Fsp3) is 0.750. The molecule has 1 aliphatic carbocycles. The Morgan fingerprint density at radius 2 is 2.00 bits per heavy atom. The van der Waals surface area contributed by atoms with E-state index in [2.05, 4.69) is 27.0 Å². The molecule has 0 bridgehead atoms. The minimum Gasteiger partial charge on any atom is -0.350 e. The van der Waals surface area contributed by atoms with Crippen molar-refractivity contribution in [2.75, 3.05) is 19.3 Å². The number of nitrogens with one attached hydrogen (secondary N) is 1. The number of rotatable bonds is 7. The van der Waals surface area contributed by atoms with Crippen LogP contribution in [-0.2, 0) is 16.1 Å². The van der Waals surface area contributed by atoms with Gasteiger partial charge in [0.2, 0.25) is 11.8 Å². The molecule has 1 heterocycles. The minimum atomic E-state index is -0.299. The van der Waals surface area contributed by atoms with Crippen molar-refractivity contribution in [3.63, 3.8) is 0 Å². The van der Waals surface area contributed by atoms with E-state index in [4.69, 9.17) is 0 Å². The molecule has 1 saturated carbocycles. The number of likely N-dealkylation sites (N-methyl/N-ethyl adjacent to an activating group) is 1. The number of nitrogens with zero attached hydrogens (tertiary/aromatic N) is 4. The fourth-order valence-electron chi connectivity index (χ4n) is 2.35. The van der Waals surface area contributed by atoms with Crippen LogP contribution in [0.15, 0.2) is 5.16 Å². The van der Waals surface area contributed by atoms with Gasteiger partial charge in [-0.3, -0.25) is 9.59 Å². The molecule has 2 rings (SSSR count). The Bertz CT molecular complexity index is 604. The van der Waals surface area contributed by atoms with Gasteiger partial charge in [0, 0.05) is 25.0 Å². The predicted molar refractivity (Wildman–Crippen MR) is 93.9 cm³/mol. The van der Waals surface area contributed by atoms with Crippen LogP contribution in [0.25, 0.3) is 0 Å². The average Bonchev–Trinajstić information content (AvgIpc) is 3.22. The third kappa shape index (κ3) is 5.22. The summed E-state index contributed by atoms with van der Waals surface area (Å²) in [6.07, 6.45) is 2.35. The van der Waals surface area contributed by atoms with Crippen LogP contribution in [0.4, 0.5) is 0 Å². The van der Waals surface area contributed by atoms with E-state index >= 15 is 0 Å². The first kappa shape index (κ1) is 18.8. The van der Waals surface area contributed by atoms with Gasteiger partial charge in [-0.05, 0) is 40.5 Å². The second kappa shape index (κ2) is 7.55. The number of amides is 2. The summed E-state index contributed by atoms with van der Waals surface area (Å²) in [7, 11) is 1.64. The highest BCUT2D eigenvalue weighted by atomic mass is 32.2. The van der Waals surface area contributed by atoms with Crippen molar-refractivity contribution in [1.82, 2.24) is 25.0 Å². The molecule has 2 amide bonds. The first-order valence-corrected chi connectivity index (χ1v) is 9.30. The molecule has 0 atom stereocenters. The highest BCUT2D eigenvalue weighted by Crippen LogP contribution is 2.39. The van der Waals surface area contributed by atoms with Crippen LogP contribution in [0, 0.1) is 0 Å². The number of carbonyl (C=O) groups is 2. The molecule has 1 aliphatic rings. The van der Waals surface area contributed by atoms with Crippen molar-refractivity contribution in [2.24, 2.45) is 0 Å². The second-order valence-corrected chi connectivity index (χ2v) is 8.14. The lowest BCUT2D eigenvalue weighted by molar-refractivity contribution is -0.133. The van der Waals surface area contributed by atoms with Crippen LogP contribution in [0.5, 0.6) is 0 Å². The van der Waals surface area contributed by atoms with Gasteiger partial charge in [-0.2, -0.15) is 0 Å². The second-order valence-electron chi connectivity index (χ2n) is 7.20. The molecule has 1 N–H and O–H groups in total. The lowest BCUT2D eigenvalue weighted by Gasteiger charge is -2.23. The topological polar surface area (TPSA) is 80.1 Å². The summed E-state index contributed by atoms with van der Waals surface area (Å²) in [6.45, 7) is 8.67. The third-order valence-electron chi connectivity index (χ3n) is 3.65. The van der Waals surface area contributed by atoms with E-state index in [1.807, 2.05) is 20.8 Å². The quantitative estimate of drug-likeness (QED) is 0.754. The van der Waals surface area contributed by atoms with Gasteiger partial charge < -0.3 is 14.8 Å². The maximum Gasteiger partial charge on any atom is 0.240 e. The Kier molecular flexibility index (Phi) is 5.90. The summed E-state index contributed by atoms with van der Waals surface area (Å²) in [4.78, 5) is 25.6. The van der Waals surface area contributed by atoms with E-state index in [1.54, 1.807) is 7.05 Å². The normalized spacial score (nSPS) is 14.5. The average molecular weight is 353 g/mol. The number of carbonyl (C=O) groups excluding carboxylic acids is 2. The van der Waals surface area contributed by atoms with Gasteiger partial charge in [0.1, 0.15) is 5.82 Å². The SMILES string of the molecule is CCn1c(SCC(=O)N(C)CC(=O)NC(C)(C)C)nnc1C1CC1. The molecule has 7 nitrogen and oxygen atoms in total. The van der Waals surface area contributed by atoms with Crippen molar-refractivity contribution in [3.05, 3.63) is 5.82 Å². The van der Waals surface area contributed by atoms with E-state index in [0.29, 0.717) is 5.92 Å². The molecule has 0 unspecified atom stereocenters. The van der Waals surface area contributed by atoms with Crippen molar-refractivity contribution in [1.29, 1.82) is 0 Å². The standard InChI is InChI=1S/C16H27N5O2S/c1-6-21-14(11-7-8-11)18-19-15(21)24-10-13(23)20(5)9-12(22)17-16(2,3)4/h11H,6-10H2,1-5H3,(H,17,22). The largest absolute Gasteiger partial charge is 0.350 e. The maximum absolute atomic E-state index is 12.2. The highest BCUT2D eigenvalue weighted by molar-refractivity contribution is 7.99. The Balaban J connectivity index is 1.85. The Labute approximate surface area is 147 Å². The van der Waals surface area contributed by atoms with Crippen molar-refractivity contribution >= 4 is 23.6 Å². The molecule has 1 fully saturated rings. The Morgan fingerprint density at radius 3 is 2.54 bits per heavy atom. The fourth-order valence-corrected chi connectivity index (χ4v) is 3.30. The molecule has 0 radical (unpaired) electrons.